The maximum absolute atomic E-state index is 12.2. The monoisotopic (exact) mass is 430 g/mol. The van der Waals surface area contributed by atoms with Crippen LogP contribution in [0.4, 0.5) is 0 Å². The van der Waals surface area contributed by atoms with Crippen molar-refractivity contribution in [3.8, 4) is 0 Å². The van der Waals surface area contributed by atoms with Gasteiger partial charge in [0.25, 0.3) is 0 Å². The van der Waals surface area contributed by atoms with E-state index in [1.807, 2.05) is 12.2 Å². The summed E-state index contributed by atoms with van der Waals surface area (Å²) in [6.45, 7) is 13.8. The van der Waals surface area contributed by atoms with Crippen molar-refractivity contribution in [3.05, 3.63) is 24.3 Å². The van der Waals surface area contributed by atoms with E-state index in [1.54, 1.807) is 0 Å². The molecule has 4 aliphatic rings. The van der Waals surface area contributed by atoms with Crippen LogP contribution in [0.25, 0.3) is 0 Å². The molecule has 3 saturated carbocycles. The fourth-order valence-corrected chi connectivity index (χ4v) is 8.33. The molecule has 31 heavy (non-hydrogen) atoms. The lowest BCUT2D eigenvalue weighted by Crippen LogP contribution is -2.67. The number of hydrogen-bond acceptors (Lipinski definition) is 3. The Balaban J connectivity index is 1.62. The van der Waals surface area contributed by atoms with E-state index in [0.29, 0.717) is 30.1 Å². The van der Waals surface area contributed by atoms with E-state index in [4.69, 9.17) is 0 Å². The third kappa shape index (κ3) is 3.40. The van der Waals surface area contributed by atoms with Crippen LogP contribution in [0.2, 0.25) is 0 Å². The van der Waals surface area contributed by atoms with Gasteiger partial charge in [-0.1, -0.05) is 65.8 Å². The molecule has 4 aliphatic carbocycles. The van der Waals surface area contributed by atoms with Crippen LogP contribution in [0.15, 0.2) is 24.3 Å². The molecule has 0 aromatic heterocycles. The molecule has 3 nitrogen and oxygen atoms in total. The number of fused-ring (bicyclic) bond motifs is 5. The molecule has 176 valence electrons. The molecule has 0 aromatic rings. The van der Waals surface area contributed by atoms with Gasteiger partial charge in [-0.2, -0.15) is 0 Å². The molecule has 0 saturated heterocycles. The van der Waals surface area contributed by atoms with Crippen LogP contribution in [-0.2, 0) is 0 Å². The second-order valence-electron chi connectivity index (χ2n) is 12.6. The Labute approximate surface area is 190 Å². The van der Waals surface area contributed by atoms with Gasteiger partial charge in [0.15, 0.2) is 0 Å². The maximum atomic E-state index is 12.2. The molecule has 3 N–H and O–H groups in total. The van der Waals surface area contributed by atoms with Gasteiger partial charge >= 0.3 is 0 Å². The van der Waals surface area contributed by atoms with Crippen molar-refractivity contribution in [2.75, 3.05) is 0 Å². The van der Waals surface area contributed by atoms with Gasteiger partial charge in [0.1, 0.15) is 0 Å². The summed E-state index contributed by atoms with van der Waals surface area (Å²) in [5.74, 6) is 2.66. The van der Waals surface area contributed by atoms with Crippen LogP contribution in [0.3, 0.4) is 0 Å². The SMILES string of the molecule is CC(C)[C@@H](C)C=C[C@@H](C)[C@H]1CC[C@H]2[C@]3(O)C=CC4(O)CC(O)CC[C@]4(C)[C@H]3CC[C@]12C. The largest absolute Gasteiger partial charge is 0.393 e. The zero-order valence-electron chi connectivity index (χ0n) is 20.6. The predicted molar refractivity (Wildman–Crippen MR) is 126 cm³/mol. The Morgan fingerprint density at radius 3 is 2.26 bits per heavy atom. The topological polar surface area (TPSA) is 60.7 Å². The van der Waals surface area contributed by atoms with Gasteiger partial charge in [-0.15, -0.1) is 0 Å². The molecular weight excluding hydrogens is 384 g/mol. The van der Waals surface area contributed by atoms with E-state index in [-0.39, 0.29) is 22.7 Å². The molecule has 0 aromatic carbocycles. The summed E-state index contributed by atoms with van der Waals surface area (Å²) >= 11 is 0. The second-order valence-corrected chi connectivity index (χ2v) is 12.6. The summed E-state index contributed by atoms with van der Waals surface area (Å²) in [5.41, 5.74) is -2.09. The lowest BCUT2D eigenvalue weighted by molar-refractivity contribution is -0.220. The van der Waals surface area contributed by atoms with E-state index in [1.165, 1.54) is 6.42 Å². The standard InChI is InChI=1S/C28H46O3/c1-18(2)19(3)7-8-20(4)22-9-10-23-25(22,5)13-12-24-26(6)14-11-21(29)17-27(26,30)15-16-28(23,24)31/h7-8,15-16,18-24,29-31H,9-14,17H2,1-6H3/t19-,20+,21?,22+,23+,24+,25+,26+,27?,28+/m0/s1. The van der Waals surface area contributed by atoms with Gasteiger partial charge in [0.2, 0.25) is 0 Å². The van der Waals surface area contributed by atoms with E-state index < -0.39 is 17.3 Å². The van der Waals surface area contributed by atoms with Gasteiger partial charge in [0, 0.05) is 17.8 Å². The molecule has 0 spiro atoms. The lowest BCUT2D eigenvalue weighted by atomic mass is 9.43. The average molecular weight is 431 g/mol. The van der Waals surface area contributed by atoms with E-state index in [0.717, 1.165) is 32.1 Å². The van der Waals surface area contributed by atoms with Crippen LogP contribution in [-0.4, -0.2) is 32.6 Å². The molecule has 2 unspecified atom stereocenters. The van der Waals surface area contributed by atoms with Crippen molar-refractivity contribution < 1.29 is 15.3 Å². The van der Waals surface area contributed by atoms with Crippen molar-refractivity contribution in [3.63, 3.8) is 0 Å². The number of rotatable bonds is 4. The normalized spacial score (nSPS) is 51.4. The van der Waals surface area contributed by atoms with Crippen LogP contribution in [0.5, 0.6) is 0 Å². The van der Waals surface area contributed by atoms with Crippen molar-refractivity contribution in [1.29, 1.82) is 0 Å². The fourth-order valence-electron chi connectivity index (χ4n) is 8.33. The zero-order valence-corrected chi connectivity index (χ0v) is 20.6. The number of allylic oxidation sites excluding steroid dienone is 2. The van der Waals surface area contributed by atoms with Crippen molar-refractivity contribution >= 4 is 0 Å². The highest BCUT2D eigenvalue weighted by Gasteiger charge is 2.68. The molecule has 10 atom stereocenters. The molecule has 0 heterocycles. The third-order valence-electron chi connectivity index (χ3n) is 10.8. The number of aliphatic hydroxyl groups is 3. The van der Waals surface area contributed by atoms with E-state index >= 15 is 0 Å². The van der Waals surface area contributed by atoms with Crippen molar-refractivity contribution in [1.82, 2.24) is 0 Å². The van der Waals surface area contributed by atoms with Crippen LogP contribution >= 0.6 is 0 Å². The van der Waals surface area contributed by atoms with Crippen molar-refractivity contribution in [2.45, 2.75) is 104 Å². The Kier molecular flexibility index (Phi) is 5.84. The van der Waals surface area contributed by atoms with Crippen LogP contribution < -0.4 is 0 Å². The average Bonchev–Trinajstić information content (AvgIpc) is 3.05. The Morgan fingerprint density at radius 1 is 0.871 bits per heavy atom. The quantitative estimate of drug-likeness (QED) is 0.516. The molecule has 0 bridgehead atoms. The highest BCUT2D eigenvalue weighted by molar-refractivity contribution is 5.31. The molecule has 4 rings (SSSR count). The summed E-state index contributed by atoms with van der Waals surface area (Å²) < 4.78 is 0. The van der Waals surface area contributed by atoms with E-state index in [9.17, 15) is 15.3 Å². The molecule has 0 amide bonds. The zero-order chi connectivity index (χ0) is 22.8. The van der Waals surface area contributed by atoms with Gasteiger partial charge in [-0.25, -0.2) is 0 Å². The third-order valence-corrected chi connectivity index (χ3v) is 10.8. The number of aliphatic hydroxyl groups excluding tert-OH is 1. The first kappa shape index (κ1) is 23.5. The van der Waals surface area contributed by atoms with Gasteiger partial charge in [-0.3, -0.25) is 0 Å². The number of hydrogen-bond donors (Lipinski definition) is 3. The Bertz CT molecular complexity index is 743. The van der Waals surface area contributed by atoms with Gasteiger partial charge in [0.05, 0.1) is 17.3 Å². The summed E-state index contributed by atoms with van der Waals surface area (Å²) in [6.07, 6.45) is 14.4. The highest BCUT2D eigenvalue weighted by Crippen LogP contribution is 2.68. The first-order chi connectivity index (χ1) is 14.4. The first-order valence-corrected chi connectivity index (χ1v) is 12.9. The summed E-state index contributed by atoms with van der Waals surface area (Å²) in [7, 11) is 0. The predicted octanol–water partition coefficient (Wildman–Crippen LogP) is 5.50. The smallest absolute Gasteiger partial charge is 0.0910 e. The molecule has 3 heteroatoms. The van der Waals surface area contributed by atoms with Crippen LogP contribution in [0.1, 0.15) is 86.5 Å². The van der Waals surface area contributed by atoms with Crippen molar-refractivity contribution in [2.24, 2.45) is 46.3 Å². The lowest BCUT2D eigenvalue weighted by Gasteiger charge is -2.64. The minimum Gasteiger partial charge on any atom is -0.393 e. The maximum Gasteiger partial charge on any atom is 0.0910 e. The van der Waals surface area contributed by atoms with Crippen LogP contribution in [0, 0.1) is 46.3 Å². The molecule has 0 radical (unpaired) electrons. The van der Waals surface area contributed by atoms with Gasteiger partial charge < -0.3 is 15.3 Å². The summed E-state index contributed by atoms with van der Waals surface area (Å²) in [5, 5.41) is 34.0. The summed E-state index contributed by atoms with van der Waals surface area (Å²) in [6, 6.07) is 0. The second kappa shape index (κ2) is 7.71. The Hall–Kier alpha value is -0.640. The minimum atomic E-state index is -1.00. The fraction of sp³-hybridized carbons (Fsp3) is 0.857. The summed E-state index contributed by atoms with van der Waals surface area (Å²) in [4.78, 5) is 0. The molecule has 3 fully saturated rings. The molecule has 0 aliphatic heterocycles. The highest BCUT2D eigenvalue weighted by atomic mass is 16.3. The first-order valence-electron chi connectivity index (χ1n) is 12.9. The van der Waals surface area contributed by atoms with Gasteiger partial charge in [-0.05, 0) is 73.5 Å². The van der Waals surface area contributed by atoms with E-state index in [2.05, 4.69) is 53.7 Å². The molecular formula is C28H46O3. The minimum absolute atomic E-state index is 0.0612. The Morgan fingerprint density at radius 2 is 1.58 bits per heavy atom.